The van der Waals surface area contributed by atoms with Crippen LogP contribution >= 0.6 is 27.5 Å². The fourth-order valence-corrected chi connectivity index (χ4v) is 4.82. The smallest absolute Gasteiger partial charge is 0.254 e. The van der Waals surface area contributed by atoms with Crippen LogP contribution in [-0.2, 0) is 14.8 Å². The monoisotopic (exact) mass is 516 g/mol. The largest absolute Gasteiger partial charge is 0.292 e. The van der Waals surface area contributed by atoms with Crippen LogP contribution in [-0.4, -0.2) is 62.5 Å². The van der Waals surface area contributed by atoms with Crippen molar-refractivity contribution in [3.63, 3.8) is 0 Å². The highest BCUT2D eigenvalue weighted by Gasteiger charge is 2.28. The lowest BCUT2D eigenvalue weighted by Gasteiger charge is -2.33. The van der Waals surface area contributed by atoms with Crippen molar-refractivity contribution in [3.8, 4) is 0 Å². The number of amides is 1. The third-order valence-electron chi connectivity index (χ3n) is 4.53. The molecule has 1 fully saturated rings. The fourth-order valence-electron chi connectivity index (χ4n) is 2.92. The van der Waals surface area contributed by atoms with Crippen molar-refractivity contribution >= 4 is 49.7 Å². The maximum Gasteiger partial charge on any atom is 0.254 e. The van der Waals surface area contributed by atoms with Gasteiger partial charge in [-0.2, -0.15) is 9.41 Å². The number of hydrazone groups is 1. The summed E-state index contributed by atoms with van der Waals surface area (Å²) >= 11 is 9.18. The minimum absolute atomic E-state index is 0.0501. The van der Waals surface area contributed by atoms with Crippen molar-refractivity contribution < 1.29 is 17.6 Å². The third kappa shape index (κ3) is 5.64. The van der Waals surface area contributed by atoms with Crippen molar-refractivity contribution in [2.75, 3.05) is 32.7 Å². The van der Waals surface area contributed by atoms with Gasteiger partial charge in [0.1, 0.15) is 5.82 Å². The molecule has 1 saturated heterocycles. The summed E-state index contributed by atoms with van der Waals surface area (Å²) < 4.78 is 41.3. The molecule has 0 spiro atoms. The molecule has 1 aliphatic rings. The van der Waals surface area contributed by atoms with Crippen LogP contribution in [0.5, 0.6) is 0 Å². The van der Waals surface area contributed by atoms with E-state index in [1.807, 2.05) is 4.90 Å². The molecule has 1 aliphatic heterocycles. The number of carbonyl (C=O) groups is 1. The summed E-state index contributed by atoms with van der Waals surface area (Å²) in [5.74, 6) is -0.925. The summed E-state index contributed by atoms with van der Waals surface area (Å²) in [6, 6.07) is 10.7. The molecule has 1 N–H and O–H groups in total. The third-order valence-corrected chi connectivity index (χ3v) is 7.30. The van der Waals surface area contributed by atoms with Crippen LogP contribution in [0.15, 0.2) is 56.9 Å². The first kappa shape index (κ1) is 22.8. The summed E-state index contributed by atoms with van der Waals surface area (Å²) in [5.41, 5.74) is 2.42. The molecule has 1 heterocycles. The molecule has 0 atom stereocenters. The van der Waals surface area contributed by atoms with E-state index in [-0.39, 0.29) is 41.0 Å². The van der Waals surface area contributed by atoms with Gasteiger partial charge in [-0.05, 0) is 36.4 Å². The van der Waals surface area contributed by atoms with Crippen LogP contribution in [0.2, 0.25) is 5.02 Å². The lowest BCUT2D eigenvalue weighted by Crippen LogP contribution is -2.50. The van der Waals surface area contributed by atoms with E-state index in [1.165, 1.54) is 22.5 Å². The first-order chi connectivity index (χ1) is 14.3. The number of halogens is 3. The summed E-state index contributed by atoms with van der Waals surface area (Å²) in [7, 11) is -3.57. The van der Waals surface area contributed by atoms with Crippen molar-refractivity contribution in [2.45, 2.75) is 4.90 Å². The lowest BCUT2D eigenvalue weighted by atomic mass is 10.2. The van der Waals surface area contributed by atoms with Gasteiger partial charge >= 0.3 is 0 Å². The molecule has 11 heteroatoms. The van der Waals surface area contributed by atoms with E-state index < -0.39 is 15.8 Å². The van der Waals surface area contributed by atoms with Crippen LogP contribution in [0.4, 0.5) is 4.39 Å². The van der Waals surface area contributed by atoms with Gasteiger partial charge in [0, 0.05) is 36.2 Å². The Morgan fingerprint density at radius 1 is 1.17 bits per heavy atom. The van der Waals surface area contributed by atoms with Crippen LogP contribution < -0.4 is 5.43 Å². The number of hydrogen-bond acceptors (Lipinski definition) is 5. The number of nitrogens with one attached hydrogen (secondary N) is 1. The molecule has 2 aromatic rings. The van der Waals surface area contributed by atoms with Gasteiger partial charge in [-0.25, -0.2) is 18.2 Å². The Morgan fingerprint density at radius 2 is 1.83 bits per heavy atom. The van der Waals surface area contributed by atoms with Crippen LogP contribution in [0.1, 0.15) is 5.56 Å². The Bertz CT molecular complexity index is 1020. The van der Waals surface area contributed by atoms with Crippen LogP contribution in [0.3, 0.4) is 0 Å². The predicted molar refractivity (Wildman–Crippen MR) is 116 cm³/mol. The molecule has 0 saturated carbocycles. The average molecular weight is 518 g/mol. The molecule has 0 bridgehead atoms. The number of hydrogen-bond donors (Lipinski definition) is 1. The topological polar surface area (TPSA) is 82.1 Å². The average Bonchev–Trinajstić information content (AvgIpc) is 2.71. The number of carbonyl (C=O) groups excluding carboxylic acids is 1. The summed E-state index contributed by atoms with van der Waals surface area (Å²) in [6.07, 6.45) is 1.15. The first-order valence-corrected chi connectivity index (χ1v) is 11.6. The van der Waals surface area contributed by atoms with Gasteiger partial charge in [0.15, 0.2) is 0 Å². The highest BCUT2D eigenvalue weighted by molar-refractivity contribution is 9.10. The molecule has 0 radical (unpaired) electrons. The molecule has 3 rings (SSSR count). The molecule has 0 aliphatic carbocycles. The minimum atomic E-state index is -3.57. The zero-order valence-electron chi connectivity index (χ0n) is 15.8. The van der Waals surface area contributed by atoms with E-state index in [0.717, 1.165) is 10.7 Å². The summed E-state index contributed by atoms with van der Waals surface area (Å²) in [6.45, 7) is 1.42. The fraction of sp³-hybridized carbons (Fsp3) is 0.263. The van der Waals surface area contributed by atoms with E-state index in [0.29, 0.717) is 13.1 Å². The Hall–Kier alpha value is -1.85. The van der Waals surface area contributed by atoms with Crippen LogP contribution in [0, 0.1) is 5.82 Å². The van der Waals surface area contributed by atoms with Crippen molar-refractivity contribution in [1.29, 1.82) is 0 Å². The van der Waals surface area contributed by atoms with Gasteiger partial charge in [0.05, 0.1) is 22.7 Å². The van der Waals surface area contributed by atoms with Crippen LogP contribution in [0.25, 0.3) is 0 Å². The molecular formula is C19H19BrClFN4O3S. The van der Waals surface area contributed by atoms with Gasteiger partial charge in [-0.1, -0.05) is 33.6 Å². The van der Waals surface area contributed by atoms with E-state index in [4.69, 9.17) is 11.6 Å². The Balaban J connectivity index is 1.50. The molecule has 2 aromatic carbocycles. The van der Waals surface area contributed by atoms with Gasteiger partial charge in [0.25, 0.3) is 5.91 Å². The molecule has 1 amide bonds. The Kier molecular flexibility index (Phi) is 7.59. The molecule has 7 nitrogen and oxygen atoms in total. The lowest BCUT2D eigenvalue weighted by molar-refractivity contribution is -0.122. The highest BCUT2D eigenvalue weighted by Crippen LogP contribution is 2.20. The first-order valence-electron chi connectivity index (χ1n) is 9.01. The van der Waals surface area contributed by atoms with E-state index in [9.17, 15) is 17.6 Å². The number of benzene rings is 2. The maximum absolute atomic E-state index is 13.7. The number of rotatable bonds is 6. The summed E-state index contributed by atoms with van der Waals surface area (Å²) in [5, 5.41) is 3.93. The predicted octanol–water partition coefficient (Wildman–Crippen LogP) is 2.70. The molecule has 160 valence electrons. The van der Waals surface area contributed by atoms with Crippen molar-refractivity contribution in [2.24, 2.45) is 5.10 Å². The van der Waals surface area contributed by atoms with Crippen molar-refractivity contribution in [1.82, 2.24) is 14.6 Å². The van der Waals surface area contributed by atoms with Gasteiger partial charge < -0.3 is 0 Å². The normalized spacial score (nSPS) is 16.1. The molecular weight excluding hydrogens is 499 g/mol. The highest BCUT2D eigenvalue weighted by atomic mass is 79.9. The zero-order valence-corrected chi connectivity index (χ0v) is 18.9. The second-order valence-corrected chi connectivity index (χ2v) is 9.82. The SMILES string of the molecule is O=C(CN1CCN(S(=O)(=O)c2ccc(Br)cc2)CC1)NN=Cc1c(F)cccc1Cl. The van der Waals surface area contributed by atoms with Gasteiger partial charge in [-0.15, -0.1) is 0 Å². The molecule has 0 unspecified atom stereocenters. The second-order valence-electron chi connectivity index (χ2n) is 6.56. The zero-order chi connectivity index (χ0) is 21.7. The molecule has 30 heavy (non-hydrogen) atoms. The minimum Gasteiger partial charge on any atom is -0.292 e. The maximum atomic E-state index is 13.7. The number of sulfonamides is 1. The quantitative estimate of drug-likeness (QED) is 0.472. The van der Waals surface area contributed by atoms with Gasteiger partial charge in [0.2, 0.25) is 10.0 Å². The second kappa shape index (κ2) is 9.97. The van der Waals surface area contributed by atoms with Gasteiger partial charge in [-0.3, -0.25) is 9.69 Å². The number of piperazine rings is 1. The number of nitrogens with zero attached hydrogens (tertiary/aromatic N) is 3. The summed E-state index contributed by atoms with van der Waals surface area (Å²) in [4.78, 5) is 14.1. The van der Waals surface area contributed by atoms with E-state index in [1.54, 1.807) is 24.3 Å². The molecule has 0 aromatic heterocycles. The Labute approximate surface area is 187 Å². The van der Waals surface area contributed by atoms with E-state index in [2.05, 4.69) is 26.5 Å². The standard InChI is InChI=1S/C19H19BrClFN4O3S/c20-14-4-6-15(7-5-14)30(28,29)26-10-8-25(9-11-26)13-19(27)24-23-12-16-17(21)2-1-3-18(16)22/h1-7,12H,8-11,13H2,(H,24,27). The Morgan fingerprint density at radius 3 is 2.47 bits per heavy atom. The van der Waals surface area contributed by atoms with Crippen molar-refractivity contribution in [3.05, 3.63) is 63.3 Å². The van der Waals surface area contributed by atoms with E-state index >= 15 is 0 Å².